The van der Waals surface area contributed by atoms with Gasteiger partial charge < -0.3 is 15.5 Å². The Balaban J connectivity index is 2.06. The van der Waals surface area contributed by atoms with Gasteiger partial charge in [0, 0.05) is 32.1 Å². The smallest absolute Gasteiger partial charge is 0.269 e. The second kappa shape index (κ2) is 7.24. The molecule has 0 radical (unpaired) electrons. The summed E-state index contributed by atoms with van der Waals surface area (Å²) in [5.74, 6) is 0.664. The fourth-order valence-corrected chi connectivity index (χ4v) is 2.52. The lowest BCUT2D eigenvalue weighted by molar-refractivity contribution is -0.124. The van der Waals surface area contributed by atoms with Crippen LogP contribution in [0.4, 0.5) is 5.82 Å². The van der Waals surface area contributed by atoms with Crippen molar-refractivity contribution in [2.24, 2.45) is 5.92 Å². The average molecular weight is 304 g/mol. The maximum Gasteiger partial charge on any atom is 0.269 e. The van der Waals surface area contributed by atoms with Crippen LogP contribution in [0.25, 0.3) is 0 Å². The van der Waals surface area contributed by atoms with Crippen molar-refractivity contribution in [3.63, 3.8) is 0 Å². The molecule has 1 aromatic rings. The number of nitrogens with zero attached hydrogens (tertiary/aromatic N) is 2. The Hall–Kier alpha value is -2.11. The lowest BCUT2D eigenvalue weighted by Crippen LogP contribution is -2.49. The molecule has 1 aliphatic rings. The van der Waals surface area contributed by atoms with E-state index in [0.717, 1.165) is 31.7 Å². The summed E-state index contributed by atoms with van der Waals surface area (Å²) < 4.78 is 0. The lowest BCUT2D eigenvalue weighted by atomic mass is 10.0. The Kier molecular flexibility index (Phi) is 5.35. The van der Waals surface area contributed by atoms with E-state index >= 15 is 0 Å². The Labute approximate surface area is 131 Å². The zero-order valence-electron chi connectivity index (χ0n) is 13.4. The van der Waals surface area contributed by atoms with E-state index in [-0.39, 0.29) is 23.8 Å². The van der Waals surface area contributed by atoms with Crippen LogP contribution in [-0.4, -0.2) is 43.0 Å². The first-order chi connectivity index (χ1) is 10.5. The van der Waals surface area contributed by atoms with E-state index in [1.165, 1.54) is 0 Å². The van der Waals surface area contributed by atoms with Crippen molar-refractivity contribution in [2.45, 2.75) is 32.7 Å². The van der Waals surface area contributed by atoms with Crippen molar-refractivity contribution >= 4 is 17.6 Å². The molecule has 1 atom stereocenters. The molecule has 0 aliphatic carbocycles. The minimum Gasteiger partial charge on any atom is -0.355 e. The van der Waals surface area contributed by atoms with Gasteiger partial charge in [-0.3, -0.25) is 9.59 Å². The Morgan fingerprint density at radius 2 is 2.14 bits per heavy atom. The topological polar surface area (TPSA) is 74.3 Å². The van der Waals surface area contributed by atoms with Crippen LogP contribution in [-0.2, 0) is 4.79 Å². The summed E-state index contributed by atoms with van der Waals surface area (Å²) in [6.45, 7) is 5.40. The molecule has 2 amide bonds. The van der Waals surface area contributed by atoms with Gasteiger partial charge in [-0.15, -0.1) is 0 Å². The molecule has 1 aliphatic heterocycles. The highest BCUT2D eigenvalue weighted by Crippen LogP contribution is 2.18. The van der Waals surface area contributed by atoms with Gasteiger partial charge in [0.1, 0.15) is 11.5 Å². The predicted molar refractivity (Wildman–Crippen MR) is 85.8 cm³/mol. The number of carbonyl (C=O) groups is 2. The summed E-state index contributed by atoms with van der Waals surface area (Å²) in [6.07, 6.45) is 1.97. The quantitative estimate of drug-likeness (QED) is 0.876. The number of rotatable bonds is 4. The number of nitrogens with one attached hydrogen (secondary N) is 2. The summed E-state index contributed by atoms with van der Waals surface area (Å²) >= 11 is 0. The lowest BCUT2D eigenvalue weighted by Gasteiger charge is -2.34. The zero-order valence-corrected chi connectivity index (χ0v) is 13.4. The zero-order chi connectivity index (χ0) is 16.1. The number of carbonyl (C=O) groups excluding carboxylic acids is 2. The SMILES string of the molecule is CNC(=O)c1cccc(N2CCCC(NC(=O)C(C)C)C2)n1. The summed E-state index contributed by atoms with van der Waals surface area (Å²) in [6, 6.07) is 5.57. The molecular weight excluding hydrogens is 280 g/mol. The fourth-order valence-electron chi connectivity index (χ4n) is 2.52. The van der Waals surface area contributed by atoms with Gasteiger partial charge in [0.05, 0.1) is 0 Å². The second-order valence-corrected chi connectivity index (χ2v) is 5.91. The molecule has 0 bridgehead atoms. The van der Waals surface area contributed by atoms with Crippen LogP contribution in [0.3, 0.4) is 0 Å². The normalized spacial score (nSPS) is 18.2. The van der Waals surface area contributed by atoms with Crippen molar-refractivity contribution in [3.05, 3.63) is 23.9 Å². The summed E-state index contributed by atoms with van der Waals surface area (Å²) in [5.41, 5.74) is 0.410. The van der Waals surface area contributed by atoms with Gasteiger partial charge in [-0.05, 0) is 25.0 Å². The van der Waals surface area contributed by atoms with E-state index in [1.807, 2.05) is 26.0 Å². The van der Waals surface area contributed by atoms with Gasteiger partial charge in [-0.25, -0.2) is 4.98 Å². The van der Waals surface area contributed by atoms with Crippen LogP contribution in [0, 0.1) is 5.92 Å². The molecule has 2 N–H and O–H groups in total. The number of pyridine rings is 1. The predicted octanol–water partition coefficient (Wildman–Crippen LogP) is 1.18. The number of aromatic nitrogens is 1. The summed E-state index contributed by atoms with van der Waals surface area (Å²) in [4.78, 5) is 30.1. The van der Waals surface area contributed by atoms with Crippen molar-refractivity contribution < 1.29 is 9.59 Å². The van der Waals surface area contributed by atoms with Crippen LogP contribution in [0.2, 0.25) is 0 Å². The molecule has 1 aromatic heterocycles. The molecule has 1 fully saturated rings. The molecule has 22 heavy (non-hydrogen) atoms. The van der Waals surface area contributed by atoms with E-state index in [9.17, 15) is 9.59 Å². The molecule has 0 aromatic carbocycles. The van der Waals surface area contributed by atoms with Gasteiger partial charge in [0.25, 0.3) is 5.91 Å². The van der Waals surface area contributed by atoms with Gasteiger partial charge in [0.15, 0.2) is 0 Å². The fraction of sp³-hybridized carbons (Fsp3) is 0.562. The molecule has 2 rings (SSSR count). The molecular formula is C16H24N4O2. The number of amides is 2. The number of piperidine rings is 1. The average Bonchev–Trinajstić information content (AvgIpc) is 2.54. The standard InChI is InChI=1S/C16H24N4O2/c1-11(2)15(21)18-12-6-5-9-20(10-12)14-8-4-7-13(19-14)16(22)17-3/h4,7-8,11-12H,5-6,9-10H2,1-3H3,(H,17,22)(H,18,21). The maximum atomic E-state index is 11.8. The third kappa shape index (κ3) is 3.96. The van der Waals surface area contributed by atoms with Gasteiger partial charge >= 0.3 is 0 Å². The molecule has 6 nitrogen and oxygen atoms in total. The highest BCUT2D eigenvalue weighted by Gasteiger charge is 2.23. The van der Waals surface area contributed by atoms with Crippen LogP contribution in [0.15, 0.2) is 18.2 Å². The second-order valence-electron chi connectivity index (χ2n) is 5.91. The minimum atomic E-state index is -0.191. The van der Waals surface area contributed by atoms with Gasteiger partial charge in [-0.2, -0.15) is 0 Å². The molecule has 2 heterocycles. The molecule has 120 valence electrons. The van der Waals surface area contributed by atoms with E-state index in [1.54, 1.807) is 13.1 Å². The molecule has 1 unspecified atom stereocenters. The summed E-state index contributed by atoms with van der Waals surface area (Å²) in [5, 5.41) is 5.66. The highest BCUT2D eigenvalue weighted by molar-refractivity contribution is 5.92. The van der Waals surface area contributed by atoms with Gasteiger partial charge in [-0.1, -0.05) is 19.9 Å². The largest absolute Gasteiger partial charge is 0.355 e. The summed E-state index contributed by atoms with van der Waals surface area (Å²) in [7, 11) is 1.59. The minimum absolute atomic E-state index is 0.00919. The first-order valence-electron chi connectivity index (χ1n) is 7.75. The third-order valence-corrected chi connectivity index (χ3v) is 3.81. The monoisotopic (exact) mass is 304 g/mol. The number of hydrogen-bond donors (Lipinski definition) is 2. The number of hydrogen-bond acceptors (Lipinski definition) is 4. The molecule has 0 saturated carbocycles. The van der Waals surface area contributed by atoms with Crippen LogP contribution >= 0.6 is 0 Å². The third-order valence-electron chi connectivity index (χ3n) is 3.81. The van der Waals surface area contributed by atoms with E-state index in [0.29, 0.717) is 5.69 Å². The van der Waals surface area contributed by atoms with E-state index in [2.05, 4.69) is 20.5 Å². The number of anilines is 1. The van der Waals surface area contributed by atoms with E-state index < -0.39 is 0 Å². The molecule has 6 heteroatoms. The highest BCUT2D eigenvalue weighted by atomic mass is 16.2. The Morgan fingerprint density at radius 3 is 2.82 bits per heavy atom. The first-order valence-corrected chi connectivity index (χ1v) is 7.75. The van der Waals surface area contributed by atoms with Crippen molar-refractivity contribution in [1.29, 1.82) is 0 Å². The van der Waals surface area contributed by atoms with Crippen LogP contribution < -0.4 is 15.5 Å². The molecule has 1 saturated heterocycles. The maximum absolute atomic E-state index is 11.8. The van der Waals surface area contributed by atoms with Crippen molar-refractivity contribution in [2.75, 3.05) is 25.0 Å². The van der Waals surface area contributed by atoms with Crippen LogP contribution in [0.1, 0.15) is 37.2 Å². The van der Waals surface area contributed by atoms with Gasteiger partial charge in [0.2, 0.25) is 5.91 Å². The van der Waals surface area contributed by atoms with Crippen LogP contribution in [0.5, 0.6) is 0 Å². The van der Waals surface area contributed by atoms with Crippen molar-refractivity contribution in [3.8, 4) is 0 Å². The Morgan fingerprint density at radius 1 is 1.36 bits per heavy atom. The Bertz CT molecular complexity index is 545. The van der Waals surface area contributed by atoms with E-state index in [4.69, 9.17) is 0 Å². The molecule has 0 spiro atoms. The van der Waals surface area contributed by atoms with Crippen molar-refractivity contribution in [1.82, 2.24) is 15.6 Å². The first kappa shape index (κ1) is 16.3.